The van der Waals surface area contributed by atoms with Gasteiger partial charge in [-0.15, -0.1) is 11.8 Å². The largest absolute Gasteiger partial charge is 0.495 e. The maximum Gasteiger partial charge on any atom is 0.232 e. The lowest BCUT2D eigenvalue weighted by atomic mass is 10.2. The van der Waals surface area contributed by atoms with E-state index in [1.807, 2.05) is 30.3 Å². The number of ether oxygens (including phenoxy) is 1. The van der Waals surface area contributed by atoms with E-state index in [2.05, 4.69) is 20.3 Å². The predicted octanol–water partition coefficient (Wildman–Crippen LogP) is 3.78. The zero-order valence-electron chi connectivity index (χ0n) is 14.1. The molecule has 0 aliphatic carbocycles. The number of thioether (sulfide) groups is 1. The highest BCUT2D eigenvalue weighted by Crippen LogP contribution is 2.26. The highest BCUT2D eigenvalue weighted by atomic mass is 32.2. The fourth-order valence-corrected chi connectivity index (χ4v) is 3.16. The van der Waals surface area contributed by atoms with Gasteiger partial charge in [0.25, 0.3) is 0 Å². The Morgan fingerprint density at radius 3 is 2.62 bits per heavy atom. The molecule has 0 saturated carbocycles. The molecule has 0 aliphatic heterocycles. The van der Waals surface area contributed by atoms with Crippen LogP contribution in [-0.4, -0.2) is 22.1 Å². The predicted molar refractivity (Wildman–Crippen MR) is 102 cm³/mol. The number of hydrogen-bond acceptors (Lipinski definition) is 7. The summed E-state index contributed by atoms with van der Waals surface area (Å²) in [4.78, 5) is 12.6. The van der Waals surface area contributed by atoms with E-state index >= 15 is 0 Å². The van der Waals surface area contributed by atoms with E-state index in [9.17, 15) is 4.39 Å². The van der Waals surface area contributed by atoms with Gasteiger partial charge in [-0.25, -0.2) is 4.39 Å². The lowest BCUT2D eigenvalue weighted by molar-refractivity contribution is 0.417. The first-order valence-electron chi connectivity index (χ1n) is 7.87. The van der Waals surface area contributed by atoms with Crippen molar-refractivity contribution in [1.29, 1.82) is 0 Å². The van der Waals surface area contributed by atoms with Crippen molar-refractivity contribution in [1.82, 2.24) is 15.0 Å². The van der Waals surface area contributed by atoms with Crippen LogP contribution in [0.1, 0.15) is 11.4 Å². The number of halogens is 1. The average Bonchev–Trinajstić information content (AvgIpc) is 2.63. The molecular weight excluding hydrogens is 353 g/mol. The van der Waals surface area contributed by atoms with Gasteiger partial charge in [-0.2, -0.15) is 15.0 Å². The minimum atomic E-state index is -0.214. The maximum atomic E-state index is 13.7. The quantitative estimate of drug-likeness (QED) is 0.654. The normalized spacial score (nSPS) is 10.5. The van der Waals surface area contributed by atoms with Gasteiger partial charge in [-0.3, -0.25) is 0 Å². The average molecular weight is 371 g/mol. The summed E-state index contributed by atoms with van der Waals surface area (Å²) in [5, 5.41) is 3.09. The standard InChI is InChI=1S/C18H18FN5OS/c1-25-15-9-5-4-8-14(15)21-18-23-16(22-17(20)24-18)11-26-10-12-6-2-3-7-13(12)19/h2-9H,10-11H2,1H3,(H3,20,21,22,23,24). The summed E-state index contributed by atoms with van der Waals surface area (Å²) in [6.45, 7) is 0. The summed E-state index contributed by atoms with van der Waals surface area (Å²) >= 11 is 1.50. The van der Waals surface area contributed by atoms with Gasteiger partial charge in [-0.1, -0.05) is 30.3 Å². The number of anilines is 3. The molecule has 0 aliphatic rings. The Morgan fingerprint density at radius 2 is 1.81 bits per heavy atom. The third kappa shape index (κ3) is 4.60. The molecule has 0 radical (unpaired) electrons. The first kappa shape index (κ1) is 17.9. The molecule has 0 fully saturated rings. The van der Waals surface area contributed by atoms with E-state index in [-0.39, 0.29) is 11.8 Å². The molecule has 0 bridgehead atoms. The second-order valence-corrected chi connectivity index (χ2v) is 6.33. The zero-order valence-corrected chi connectivity index (χ0v) is 15.0. The highest BCUT2D eigenvalue weighted by molar-refractivity contribution is 7.97. The van der Waals surface area contributed by atoms with Crippen molar-refractivity contribution in [2.45, 2.75) is 11.5 Å². The monoisotopic (exact) mass is 371 g/mol. The van der Waals surface area contributed by atoms with Crippen molar-refractivity contribution in [3.05, 3.63) is 65.7 Å². The number of nitrogens with zero attached hydrogens (tertiary/aromatic N) is 3. The van der Waals surface area contributed by atoms with Crippen molar-refractivity contribution in [2.24, 2.45) is 0 Å². The first-order chi connectivity index (χ1) is 12.7. The van der Waals surface area contributed by atoms with Gasteiger partial charge in [0.2, 0.25) is 11.9 Å². The summed E-state index contributed by atoms with van der Waals surface area (Å²) in [6.07, 6.45) is 0. The minimum Gasteiger partial charge on any atom is -0.495 e. The minimum absolute atomic E-state index is 0.124. The number of hydrogen-bond donors (Lipinski definition) is 2. The van der Waals surface area contributed by atoms with Crippen molar-refractivity contribution >= 4 is 29.3 Å². The van der Waals surface area contributed by atoms with E-state index in [0.29, 0.717) is 34.6 Å². The molecule has 0 spiro atoms. The number of para-hydroxylation sites is 2. The maximum absolute atomic E-state index is 13.7. The van der Waals surface area contributed by atoms with Crippen molar-refractivity contribution in [2.75, 3.05) is 18.2 Å². The molecule has 1 heterocycles. The number of benzene rings is 2. The SMILES string of the molecule is COc1ccccc1Nc1nc(N)nc(CSCc2ccccc2F)n1. The molecule has 0 saturated heterocycles. The van der Waals surface area contributed by atoms with Crippen LogP contribution >= 0.6 is 11.8 Å². The van der Waals surface area contributed by atoms with Gasteiger partial charge in [0.05, 0.1) is 18.6 Å². The Kier molecular flexibility index (Phi) is 5.85. The molecule has 8 heteroatoms. The Labute approximate surface area is 155 Å². The number of nitrogen functional groups attached to an aromatic ring is 1. The molecule has 2 aromatic carbocycles. The summed E-state index contributed by atoms with van der Waals surface area (Å²) < 4.78 is 19.0. The molecule has 134 valence electrons. The molecule has 1 aromatic heterocycles. The fraction of sp³-hybridized carbons (Fsp3) is 0.167. The molecule has 3 rings (SSSR count). The van der Waals surface area contributed by atoms with E-state index in [0.717, 1.165) is 5.69 Å². The molecule has 26 heavy (non-hydrogen) atoms. The van der Waals surface area contributed by atoms with Crippen LogP contribution < -0.4 is 15.8 Å². The number of methoxy groups -OCH3 is 1. The van der Waals surface area contributed by atoms with Crippen molar-refractivity contribution < 1.29 is 9.13 Å². The third-order valence-corrected chi connectivity index (χ3v) is 4.48. The summed E-state index contributed by atoms with van der Waals surface area (Å²) in [7, 11) is 1.59. The van der Waals surface area contributed by atoms with E-state index in [4.69, 9.17) is 10.5 Å². The van der Waals surface area contributed by atoms with Crippen molar-refractivity contribution in [3.63, 3.8) is 0 Å². The van der Waals surface area contributed by atoms with Crippen LogP contribution in [0.4, 0.5) is 22.0 Å². The second-order valence-electron chi connectivity index (χ2n) is 5.34. The second kappa shape index (κ2) is 8.48. The summed E-state index contributed by atoms with van der Waals surface area (Å²) in [5.74, 6) is 2.45. The highest BCUT2D eigenvalue weighted by Gasteiger charge is 2.09. The molecule has 0 unspecified atom stereocenters. The van der Waals surface area contributed by atoms with Crippen LogP contribution in [0.2, 0.25) is 0 Å². The number of nitrogens with two attached hydrogens (primary N) is 1. The Hall–Kier alpha value is -2.87. The number of aromatic nitrogens is 3. The van der Waals surface area contributed by atoms with Crippen LogP contribution in [0.25, 0.3) is 0 Å². The van der Waals surface area contributed by atoms with Crippen LogP contribution in [0.15, 0.2) is 48.5 Å². The van der Waals surface area contributed by atoms with Crippen LogP contribution in [0.3, 0.4) is 0 Å². The van der Waals surface area contributed by atoms with Gasteiger partial charge in [0.15, 0.2) is 0 Å². The van der Waals surface area contributed by atoms with Crippen LogP contribution in [-0.2, 0) is 11.5 Å². The van der Waals surface area contributed by atoms with Crippen LogP contribution in [0.5, 0.6) is 5.75 Å². The smallest absolute Gasteiger partial charge is 0.232 e. The molecular formula is C18H18FN5OS. The first-order valence-corrected chi connectivity index (χ1v) is 9.03. The number of nitrogens with one attached hydrogen (secondary N) is 1. The Balaban J connectivity index is 1.68. The van der Waals surface area contributed by atoms with Crippen LogP contribution in [0, 0.1) is 5.82 Å². The van der Waals surface area contributed by atoms with E-state index < -0.39 is 0 Å². The summed E-state index contributed by atoms with van der Waals surface area (Å²) in [6, 6.07) is 14.1. The lowest BCUT2D eigenvalue weighted by Crippen LogP contribution is -2.07. The molecule has 6 nitrogen and oxygen atoms in total. The van der Waals surface area contributed by atoms with Crippen molar-refractivity contribution in [3.8, 4) is 5.75 Å². The van der Waals surface area contributed by atoms with Gasteiger partial charge >= 0.3 is 0 Å². The Bertz CT molecular complexity index is 893. The van der Waals surface area contributed by atoms with Gasteiger partial charge in [0, 0.05) is 5.75 Å². The fourth-order valence-electron chi connectivity index (χ4n) is 2.29. The molecule has 0 amide bonds. The van der Waals surface area contributed by atoms with E-state index in [1.54, 1.807) is 19.2 Å². The Morgan fingerprint density at radius 1 is 1.04 bits per heavy atom. The molecule has 3 aromatic rings. The lowest BCUT2D eigenvalue weighted by Gasteiger charge is -2.10. The number of rotatable bonds is 7. The third-order valence-electron chi connectivity index (χ3n) is 3.50. The van der Waals surface area contributed by atoms with Gasteiger partial charge in [0.1, 0.15) is 17.4 Å². The van der Waals surface area contributed by atoms with Gasteiger partial charge in [-0.05, 0) is 23.8 Å². The summed E-state index contributed by atoms with van der Waals surface area (Å²) in [5.41, 5.74) is 7.16. The topological polar surface area (TPSA) is 86.0 Å². The van der Waals surface area contributed by atoms with E-state index in [1.165, 1.54) is 17.8 Å². The zero-order chi connectivity index (χ0) is 18.4. The molecule has 0 atom stereocenters. The van der Waals surface area contributed by atoms with Gasteiger partial charge < -0.3 is 15.8 Å². The molecule has 3 N–H and O–H groups in total.